The van der Waals surface area contributed by atoms with E-state index >= 15 is 0 Å². The summed E-state index contributed by atoms with van der Waals surface area (Å²) in [7, 11) is 0. The Morgan fingerprint density at radius 3 is 2.90 bits per heavy atom. The van der Waals surface area contributed by atoms with Gasteiger partial charge in [0.25, 0.3) is 0 Å². The Bertz CT molecular complexity index is 646. The van der Waals surface area contributed by atoms with Crippen molar-refractivity contribution in [3.05, 3.63) is 18.2 Å². The molecule has 0 atom stereocenters. The van der Waals surface area contributed by atoms with Gasteiger partial charge in [0.2, 0.25) is 5.91 Å². The van der Waals surface area contributed by atoms with E-state index in [-0.39, 0.29) is 5.91 Å². The van der Waals surface area contributed by atoms with Crippen LogP contribution in [0.15, 0.2) is 22.0 Å². The average molecular weight is 305 g/mol. The number of thioether (sulfide) groups is 1. The molecular weight excluding hydrogens is 290 g/mol. The molecule has 1 amide bonds. The van der Waals surface area contributed by atoms with Crippen LogP contribution in [0.4, 0.5) is 5.82 Å². The van der Waals surface area contributed by atoms with Crippen molar-refractivity contribution in [3.63, 3.8) is 0 Å². The molecule has 0 aromatic carbocycles. The standard InChI is InChI=1S/C13H15N5O2S/c19-11(14-10-5-6-20-17-10)7-21-13-16-15-12(8-1-2-8)18(13)9-3-4-9/h5-6,8-9H,1-4,7H2,(H,14,17,19). The first-order valence-electron chi connectivity index (χ1n) is 7.09. The third-order valence-electron chi connectivity index (χ3n) is 3.58. The SMILES string of the molecule is O=C(CSc1nnc(C2CC2)n1C1CC1)Nc1ccon1. The van der Waals surface area contributed by atoms with E-state index < -0.39 is 0 Å². The molecule has 8 heteroatoms. The number of amides is 1. The quantitative estimate of drug-likeness (QED) is 0.823. The highest BCUT2D eigenvalue weighted by atomic mass is 32.2. The average Bonchev–Trinajstić information content (AvgIpc) is 3.41. The summed E-state index contributed by atoms with van der Waals surface area (Å²) >= 11 is 1.43. The maximum absolute atomic E-state index is 11.9. The number of aromatic nitrogens is 4. The molecule has 2 heterocycles. The predicted molar refractivity (Wildman–Crippen MR) is 76.1 cm³/mol. The van der Waals surface area contributed by atoms with Crippen LogP contribution in [0.3, 0.4) is 0 Å². The summed E-state index contributed by atoms with van der Waals surface area (Å²) in [5, 5.41) is 15.8. The zero-order chi connectivity index (χ0) is 14.2. The van der Waals surface area contributed by atoms with Gasteiger partial charge in [0.15, 0.2) is 11.0 Å². The Morgan fingerprint density at radius 2 is 2.24 bits per heavy atom. The minimum Gasteiger partial charge on any atom is -0.363 e. The number of hydrogen-bond donors (Lipinski definition) is 1. The van der Waals surface area contributed by atoms with Crippen LogP contribution in [0.2, 0.25) is 0 Å². The highest BCUT2D eigenvalue weighted by molar-refractivity contribution is 7.99. The highest BCUT2D eigenvalue weighted by Crippen LogP contribution is 2.45. The van der Waals surface area contributed by atoms with Gasteiger partial charge in [-0.2, -0.15) is 0 Å². The largest absolute Gasteiger partial charge is 0.363 e. The molecule has 2 aliphatic carbocycles. The molecule has 0 unspecified atom stereocenters. The molecule has 0 radical (unpaired) electrons. The topological polar surface area (TPSA) is 85.8 Å². The molecule has 4 rings (SSSR count). The molecule has 2 fully saturated rings. The molecule has 0 aliphatic heterocycles. The van der Waals surface area contributed by atoms with Gasteiger partial charge in [-0.05, 0) is 25.7 Å². The van der Waals surface area contributed by atoms with Crippen LogP contribution in [0.5, 0.6) is 0 Å². The van der Waals surface area contributed by atoms with Crippen molar-refractivity contribution < 1.29 is 9.32 Å². The molecule has 110 valence electrons. The Hall–Kier alpha value is -1.83. The second-order valence-electron chi connectivity index (χ2n) is 5.44. The predicted octanol–water partition coefficient (Wildman–Crippen LogP) is 2.21. The lowest BCUT2D eigenvalue weighted by Crippen LogP contribution is -2.14. The molecular formula is C13H15N5O2S. The Labute approximate surface area is 125 Å². The summed E-state index contributed by atoms with van der Waals surface area (Å²) in [4.78, 5) is 11.9. The van der Waals surface area contributed by atoms with Gasteiger partial charge in [0.05, 0.1) is 5.75 Å². The van der Waals surface area contributed by atoms with E-state index in [1.807, 2.05) is 0 Å². The van der Waals surface area contributed by atoms with E-state index in [0.717, 1.165) is 11.0 Å². The first-order chi connectivity index (χ1) is 10.3. The van der Waals surface area contributed by atoms with Gasteiger partial charge in [0, 0.05) is 18.0 Å². The molecule has 0 spiro atoms. The maximum atomic E-state index is 11.9. The highest BCUT2D eigenvalue weighted by Gasteiger charge is 2.36. The van der Waals surface area contributed by atoms with E-state index in [4.69, 9.17) is 0 Å². The first-order valence-corrected chi connectivity index (χ1v) is 8.07. The minimum atomic E-state index is -0.118. The van der Waals surface area contributed by atoms with Gasteiger partial charge in [-0.15, -0.1) is 10.2 Å². The van der Waals surface area contributed by atoms with Crippen LogP contribution < -0.4 is 5.32 Å². The smallest absolute Gasteiger partial charge is 0.236 e. The van der Waals surface area contributed by atoms with E-state index in [0.29, 0.717) is 23.5 Å². The lowest BCUT2D eigenvalue weighted by Gasteiger charge is -2.07. The Morgan fingerprint density at radius 1 is 1.38 bits per heavy atom. The monoisotopic (exact) mass is 305 g/mol. The van der Waals surface area contributed by atoms with E-state index in [9.17, 15) is 4.79 Å². The van der Waals surface area contributed by atoms with Crippen LogP contribution in [0.25, 0.3) is 0 Å². The molecule has 7 nitrogen and oxygen atoms in total. The van der Waals surface area contributed by atoms with E-state index in [2.05, 4.69) is 29.8 Å². The Balaban J connectivity index is 1.41. The summed E-state index contributed by atoms with van der Waals surface area (Å²) in [6.07, 6.45) is 6.23. The maximum Gasteiger partial charge on any atom is 0.236 e. The normalized spacial score (nSPS) is 17.9. The molecule has 2 saturated carbocycles. The van der Waals surface area contributed by atoms with Crippen LogP contribution in [-0.2, 0) is 4.79 Å². The summed E-state index contributed by atoms with van der Waals surface area (Å²) in [6.45, 7) is 0. The molecule has 21 heavy (non-hydrogen) atoms. The minimum absolute atomic E-state index is 0.118. The third-order valence-corrected chi connectivity index (χ3v) is 4.53. The first kappa shape index (κ1) is 12.9. The van der Waals surface area contributed by atoms with Gasteiger partial charge < -0.3 is 14.4 Å². The fraction of sp³-hybridized carbons (Fsp3) is 0.538. The molecule has 2 aliphatic rings. The Kier molecular flexibility index (Phi) is 3.17. The van der Waals surface area contributed by atoms with Crippen LogP contribution in [-0.4, -0.2) is 31.6 Å². The fourth-order valence-corrected chi connectivity index (χ4v) is 3.08. The lowest BCUT2D eigenvalue weighted by molar-refractivity contribution is -0.113. The van der Waals surface area contributed by atoms with Crippen LogP contribution >= 0.6 is 11.8 Å². The van der Waals surface area contributed by atoms with Crippen molar-refractivity contribution in [2.24, 2.45) is 0 Å². The van der Waals surface area contributed by atoms with Gasteiger partial charge >= 0.3 is 0 Å². The zero-order valence-electron chi connectivity index (χ0n) is 11.4. The molecule has 0 bridgehead atoms. The van der Waals surface area contributed by atoms with E-state index in [1.165, 1.54) is 43.7 Å². The number of hydrogen-bond acceptors (Lipinski definition) is 6. The van der Waals surface area contributed by atoms with Crippen LogP contribution in [0.1, 0.15) is 43.5 Å². The van der Waals surface area contributed by atoms with Gasteiger partial charge in [-0.1, -0.05) is 16.9 Å². The number of anilines is 1. The number of carbonyl (C=O) groups is 1. The summed E-state index contributed by atoms with van der Waals surface area (Å²) in [6, 6.07) is 2.15. The second kappa shape index (κ2) is 5.18. The third kappa shape index (κ3) is 2.80. The molecule has 2 aromatic rings. The van der Waals surface area contributed by atoms with Crippen molar-refractivity contribution in [3.8, 4) is 0 Å². The number of rotatable bonds is 6. The number of nitrogens with one attached hydrogen (secondary N) is 1. The summed E-state index contributed by atoms with van der Waals surface area (Å²) in [5.41, 5.74) is 0. The van der Waals surface area contributed by atoms with E-state index in [1.54, 1.807) is 6.07 Å². The molecule has 0 saturated heterocycles. The lowest BCUT2D eigenvalue weighted by atomic mass is 10.4. The fourth-order valence-electron chi connectivity index (χ4n) is 2.27. The number of nitrogens with zero attached hydrogens (tertiary/aromatic N) is 4. The summed E-state index contributed by atoms with van der Waals surface area (Å²) in [5.74, 6) is 2.30. The van der Waals surface area contributed by atoms with Gasteiger partial charge in [0.1, 0.15) is 12.1 Å². The van der Waals surface area contributed by atoms with Crippen molar-refractivity contribution >= 4 is 23.5 Å². The second-order valence-corrected chi connectivity index (χ2v) is 6.38. The molecule has 1 N–H and O–H groups in total. The summed E-state index contributed by atoms with van der Waals surface area (Å²) < 4.78 is 6.92. The van der Waals surface area contributed by atoms with Crippen molar-refractivity contribution in [1.82, 2.24) is 19.9 Å². The van der Waals surface area contributed by atoms with Crippen molar-refractivity contribution in [1.29, 1.82) is 0 Å². The molecule has 2 aromatic heterocycles. The van der Waals surface area contributed by atoms with Gasteiger partial charge in [-0.3, -0.25) is 4.79 Å². The van der Waals surface area contributed by atoms with Crippen molar-refractivity contribution in [2.45, 2.75) is 42.8 Å². The number of carbonyl (C=O) groups excluding carboxylic acids is 1. The van der Waals surface area contributed by atoms with Crippen LogP contribution in [0, 0.1) is 0 Å². The zero-order valence-corrected chi connectivity index (χ0v) is 12.2. The van der Waals surface area contributed by atoms with Gasteiger partial charge in [-0.25, -0.2) is 0 Å². The van der Waals surface area contributed by atoms with Crippen molar-refractivity contribution in [2.75, 3.05) is 11.1 Å².